The highest BCUT2D eigenvalue weighted by molar-refractivity contribution is 5.76. The standard InChI is InChI=1S/C29H47N7O.2C2H4O2/c37-29(36(22-27-30-13-14-31-27)23-28-32-15-16-33-28)8-7-24-9-17-34(18-10-24)21-25-11-19-35(20-12-25)26-5-3-1-2-4-6-26;2*1-2(3)4/h13-16,24-26H,1-12,17-23H2,(H,30,31)(H,32,33);2*1H3,(H,3,4). The molecular weight excluding hydrogens is 574 g/mol. The van der Waals surface area contributed by atoms with Crippen molar-refractivity contribution in [1.29, 1.82) is 0 Å². The second kappa shape index (κ2) is 20.0. The fourth-order valence-electron chi connectivity index (χ4n) is 6.79. The van der Waals surface area contributed by atoms with Crippen molar-refractivity contribution < 1.29 is 24.6 Å². The molecule has 2 aromatic rings. The lowest BCUT2D eigenvalue weighted by atomic mass is 9.89. The fourth-order valence-corrected chi connectivity index (χ4v) is 6.79. The van der Waals surface area contributed by atoms with Crippen LogP contribution in [0.5, 0.6) is 0 Å². The molecule has 12 nitrogen and oxygen atoms in total. The number of aromatic nitrogens is 4. The van der Waals surface area contributed by atoms with Crippen LogP contribution in [0.3, 0.4) is 0 Å². The Hall–Kier alpha value is -3.25. The van der Waals surface area contributed by atoms with Crippen LogP contribution in [0.25, 0.3) is 0 Å². The van der Waals surface area contributed by atoms with Gasteiger partial charge in [-0.25, -0.2) is 9.97 Å². The SMILES string of the molecule is CC(=O)O.CC(=O)O.O=C(CCC1CCN(CC2CCN(C3CCCCCC3)CC2)CC1)N(Cc1ncc[nH]1)Cc1ncc[nH]1. The van der Waals surface area contributed by atoms with E-state index in [2.05, 4.69) is 29.7 Å². The lowest BCUT2D eigenvalue weighted by Crippen LogP contribution is -2.44. The molecule has 5 rings (SSSR count). The molecule has 0 unspecified atom stereocenters. The summed E-state index contributed by atoms with van der Waals surface area (Å²) in [6.07, 6.45) is 22.5. The molecule has 1 aliphatic carbocycles. The van der Waals surface area contributed by atoms with Crippen LogP contribution < -0.4 is 0 Å². The number of hydrogen-bond acceptors (Lipinski definition) is 7. The van der Waals surface area contributed by atoms with E-state index in [1.165, 1.54) is 96.9 Å². The minimum atomic E-state index is -0.833. The third-order valence-electron chi connectivity index (χ3n) is 9.12. The van der Waals surface area contributed by atoms with Crippen molar-refractivity contribution in [3.8, 4) is 0 Å². The Morgan fingerprint density at radius 3 is 1.73 bits per heavy atom. The highest BCUT2D eigenvalue weighted by Gasteiger charge is 2.28. The van der Waals surface area contributed by atoms with E-state index in [9.17, 15) is 4.79 Å². The van der Waals surface area contributed by atoms with E-state index in [0.717, 1.165) is 43.9 Å². The molecule has 4 heterocycles. The van der Waals surface area contributed by atoms with E-state index >= 15 is 0 Å². The molecule has 0 atom stereocenters. The number of nitrogens with zero attached hydrogens (tertiary/aromatic N) is 5. The van der Waals surface area contributed by atoms with Crippen molar-refractivity contribution in [2.75, 3.05) is 32.7 Å². The van der Waals surface area contributed by atoms with Gasteiger partial charge in [0, 0.05) is 57.6 Å². The van der Waals surface area contributed by atoms with E-state index in [0.29, 0.717) is 25.4 Å². The normalized spacial score (nSPS) is 19.0. The highest BCUT2D eigenvalue weighted by atomic mass is 16.4. The maximum atomic E-state index is 13.2. The molecule has 12 heteroatoms. The average Bonchev–Trinajstić information content (AvgIpc) is 3.65. The molecule has 3 fully saturated rings. The number of carboxylic acid groups (broad SMARTS) is 2. The van der Waals surface area contributed by atoms with Crippen LogP contribution in [0.2, 0.25) is 0 Å². The minimum absolute atomic E-state index is 0.190. The predicted octanol–water partition coefficient (Wildman–Crippen LogP) is 4.77. The number of H-pyrrole nitrogens is 2. The number of carbonyl (C=O) groups excluding carboxylic acids is 1. The van der Waals surface area contributed by atoms with E-state index in [4.69, 9.17) is 19.8 Å². The third kappa shape index (κ3) is 14.6. The molecule has 4 N–H and O–H groups in total. The van der Waals surface area contributed by atoms with Gasteiger partial charge in [-0.15, -0.1) is 0 Å². The Kier molecular flexibility index (Phi) is 16.1. The smallest absolute Gasteiger partial charge is 0.300 e. The Balaban J connectivity index is 0.000000619. The van der Waals surface area contributed by atoms with Crippen LogP contribution in [-0.2, 0) is 27.5 Å². The Morgan fingerprint density at radius 2 is 1.27 bits per heavy atom. The lowest BCUT2D eigenvalue weighted by Gasteiger charge is -2.40. The molecule has 2 saturated heterocycles. The quantitative estimate of drug-likeness (QED) is 0.272. The fraction of sp³-hybridized carbons (Fsp3) is 0.727. The zero-order valence-corrected chi connectivity index (χ0v) is 27.3. The van der Waals surface area contributed by atoms with Crippen LogP contribution in [0.4, 0.5) is 0 Å². The predicted molar refractivity (Wildman–Crippen MR) is 172 cm³/mol. The highest BCUT2D eigenvalue weighted by Crippen LogP contribution is 2.29. The first-order chi connectivity index (χ1) is 21.7. The summed E-state index contributed by atoms with van der Waals surface area (Å²) in [6.45, 7) is 9.47. The van der Waals surface area contributed by atoms with Gasteiger partial charge in [0.25, 0.3) is 11.9 Å². The van der Waals surface area contributed by atoms with Crippen molar-refractivity contribution in [1.82, 2.24) is 34.6 Å². The number of nitrogens with one attached hydrogen (secondary N) is 2. The molecule has 2 aliphatic heterocycles. The lowest BCUT2D eigenvalue weighted by molar-refractivity contribution is -0.135. The monoisotopic (exact) mass is 629 g/mol. The first kappa shape index (κ1) is 36.2. The van der Waals surface area contributed by atoms with Gasteiger partial charge in [-0.2, -0.15) is 0 Å². The number of aromatic amines is 2. The number of amides is 1. The van der Waals surface area contributed by atoms with Crippen molar-refractivity contribution in [3.05, 3.63) is 36.4 Å². The minimum Gasteiger partial charge on any atom is -0.481 e. The summed E-state index contributed by atoms with van der Waals surface area (Å²) in [5.41, 5.74) is 0. The number of piperidine rings is 2. The first-order valence-electron chi connectivity index (χ1n) is 16.8. The van der Waals surface area contributed by atoms with Crippen LogP contribution in [0.15, 0.2) is 24.8 Å². The van der Waals surface area contributed by atoms with E-state index in [-0.39, 0.29) is 5.91 Å². The number of carboxylic acids is 2. The van der Waals surface area contributed by atoms with Crippen LogP contribution in [-0.4, -0.2) is 101 Å². The summed E-state index contributed by atoms with van der Waals surface area (Å²) in [5, 5.41) is 14.8. The van der Waals surface area contributed by atoms with Gasteiger partial charge >= 0.3 is 0 Å². The van der Waals surface area contributed by atoms with E-state index in [1.807, 2.05) is 4.90 Å². The van der Waals surface area contributed by atoms with Gasteiger partial charge < -0.3 is 34.9 Å². The maximum absolute atomic E-state index is 13.2. The summed E-state index contributed by atoms with van der Waals surface area (Å²) in [7, 11) is 0. The van der Waals surface area contributed by atoms with Crippen LogP contribution >= 0.6 is 0 Å². The molecule has 2 aromatic heterocycles. The Bertz CT molecular complexity index is 1030. The van der Waals surface area contributed by atoms with Crippen molar-refractivity contribution in [2.45, 2.75) is 110 Å². The van der Waals surface area contributed by atoms with Crippen molar-refractivity contribution in [3.63, 3.8) is 0 Å². The first-order valence-corrected chi connectivity index (χ1v) is 16.8. The zero-order chi connectivity index (χ0) is 32.4. The molecule has 45 heavy (non-hydrogen) atoms. The molecule has 1 saturated carbocycles. The van der Waals surface area contributed by atoms with Gasteiger partial charge in [-0.05, 0) is 83.0 Å². The molecular formula is C33H55N7O5. The summed E-state index contributed by atoms with van der Waals surface area (Å²) < 4.78 is 0. The third-order valence-corrected chi connectivity index (χ3v) is 9.12. The molecule has 1 amide bonds. The number of aliphatic carboxylic acids is 2. The maximum Gasteiger partial charge on any atom is 0.300 e. The van der Waals surface area contributed by atoms with Gasteiger partial charge in [-0.1, -0.05) is 25.7 Å². The number of hydrogen-bond donors (Lipinski definition) is 4. The Morgan fingerprint density at radius 1 is 0.778 bits per heavy atom. The number of likely N-dealkylation sites (tertiary alicyclic amines) is 2. The van der Waals surface area contributed by atoms with Crippen molar-refractivity contribution in [2.24, 2.45) is 11.8 Å². The molecule has 0 aromatic carbocycles. The zero-order valence-electron chi connectivity index (χ0n) is 27.3. The van der Waals surface area contributed by atoms with Gasteiger partial charge in [0.2, 0.25) is 5.91 Å². The number of carbonyl (C=O) groups is 3. The number of rotatable bonds is 10. The summed E-state index contributed by atoms with van der Waals surface area (Å²) in [5.74, 6) is 1.68. The van der Waals surface area contributed by atoms with Crippen LogP contribution in [0, 0.1) is 11.8 Å². The number of imidazole rings is 2. The van der Waals surface area contributed by atoms with Gasteiger partial charge in [0.05, 0.1) is 13.1 Å². The second-order valence-corrected chi connectivity index (χ2v) is 12.8. The molecule has 252 valence electrons. The van der Waals surface area contributed by atoms with Gasteiger partial charge in [0.15, 0.2) is 0 Å². The Labute approximate surface area is 268 Å². The van der Waals surface area contributed by atoms with Crippen LogP contribution in [0.1, 0.15) is 103 Å². The van der Waals surface area contributed by atoms with E-state index < -0.39 is 11.9 Å². The summed E-state index contributed by atoms with van der Waals surface area (Å²) >= 11 is 0. The molecule has 3 aliphatic rings. The molecule has 0 bridgehead atoms. The van der Waals surface area contributed by atoms with Gasteiger partial charge in [0.1, 0.15) is 11.6 Å². The van der Waals surface area contributed by atoms with Gasteiger partial charge in [-0.3, -0.25) is 14.4 Å². The topological polar surface area (TPSA) is 159 Å². The van der Waals surface area contributed by atoms with E-state index in [1.54, 1.807) is 24.8 Å². The summed E-state index contributed by atoms with van der Waals surface area (Å²) in [6, 6.07) is 0.871. The summed E-state index contributed by atoms with van der Waals surface area (Å²) in [4.78, 5) is 53.4. The molecule has 0 spiro atoms. The largest absolute Gasteiger partial charge is 0.481 e. The second-order valence-electron chi connectivity index (χ2n) is 12.8. The average molecular weight is 630 g/mol. The molecule has 0 radical (unpaired) electrons. The van der Waals surface area contributed by atoms with Crippen molar-refractivity contribution >= 4 is 17.8 Å².